The predicted molar refractivity (Wildman–Crippen MR) is 136 cm³/mol. The monoisotopic (exact) mass is 491 g/mol. The lowest BCUT2D eigenvalue weighted by Crippen LogP contribution is -2.54. The van der Waals surface area contributed by atoms with Crippen LogP contribution in [0.5, 0.6) is 0 Å². The maximum Gasteiger partial charge on any atom is 0.258 e. The van der Waals surface area contributed by atoms with E-state index in [9.17, 15) is 14.4 Å². The van der Waals surface area contributed by atoms with Crippen molar-refractivity contribution in [3.8, 4) is 0 Å². The molecule has 35 heavy (non-hydrogen) atoms. The van der Waals surface area contributed by atoms with Crippen LogP contribution >= 0.6 is 12.2 Å². The van der Waals surface area contributed by atoms with Crippen molar-refractivity contribution in [2.45, 2.75) is 19.4 Å². The van der Waals surface area contributed by atoms with E-state index in [0.717, 1.165) is 10.9 Å². The molecular formula is C25H25N5O4S. The number of nitrogens with zero attached hydrogens (tertiary/aromatic N) is 3. The van der Waals surface area contributed by atoms with Crippen LogP contribution in [-0.2, 0) is 14.3 Å². The number of amides is 2. The Labute approximate surface area is 207 Å². The number of hydrazine groups is 1. The van der Waals surface area contributed by atoms with Crippen LogP contribution in [0.2, 0.25) is 0 Å². The summed E-state index contributed by atoms with van der Waals surface area (Å²) in [6, 6.07) is 13.5. The largest absolute Gasteiger partial charge is 0.379 e. The SMILES string of the molecule is CC(=O)c1ccc(N2C(=O)C(CC(=O)Nc3ccc4cc[nH]c4c3)N(N3CCOCC3)C2=S)cc1. The average Bonchev–Trinajstić information content (AvgIpc) is 3.41. The zero-order valence-corrected chi connectivity index (χ0v) is 20.0. The number of ether oxygens (including phenoxy) is 1. The smallest absolute Gasteiger partial charge is 0.258 e. The van der Waals surface area contributed by atoms with Gasteiger partial charge >= 0.3 is 0 Å². The third-order valence-electron chi connectivity index (χ3n) is 6.23. The van der Waals surface area contributed by atoms with Gasteiger partial charge in [0, 0.05) is 36.1 Å². The molecule has 180 valence electrons. The number of fused-ring (bicyclic) bond motifs is 1. The molecule has 0 bridgehead atoms. The van der Waals surface area contributed by atoms with Gasteiger partial charge in [-0.3, -0.25) is 24.3 Å². The van der Waals surface area contributed by atoms with Crippen molar-refractivity contribution in [3.63, 3.8) is 0 Å². The fourth-order valence-corrected chi connectivity index (χ4v) is 4.88. The molecule has 9 nitrogen and oxygen atoms in total. The number of rotatable bonds is 6. The highest BCUT2D eigenvalue weighted by Gasteiger charge is 2.47. The van der Waals surface area contributed by atoms with Gasteiger partial charge in [-0.05, 0) is 67.0 Å². The van der Waals surface area contributed by atoms with Crippen LogP contribution in [0.3, 0.4) is 0 Å². The van der Waals surface area contributed by atoms with E-state index < -0.39 is 6.04 Å². The third kappa shape index (κ3) is 4.55. The van der Waals surface area contributed by atoms with Gasteiger partial charge in [0.25, 0.3) is 5.91 Å². The number of hydrogen-bond acceptors (Lipinski definition) is 6. The van der Waals surface area contributed by atoms with E-state index in [1.54, 1.807) is 29.3 Å². The Kier molecular flexibility index (Phi) is 6.33. The van der Waals surface area contributed by atoms with Crippen LogP contribution in [-0.4, -0.2) is 70.1 Å². The van der Waals surface area contributed by atoms with E-state index >= 15 is 0 Å². The van der Waals surface area contributed by atoms with E-state index in [4.69, 9.17) is 17.0 Å². The maximum absolute atomic E-state index is 13.6. The van der Waals surface area contributed by atoms with Crippen LogP contribution in [0.25, 0.3) is 10.9 Å². The Hall–Kier alpha value is -3.60. The fraction of sp³-hybridized carbons (Fsp3) is 0.280. The zero-order chi connectivity index (χ0) is 24.5. The van der Waals surface area contributed by atoms with Gasteiger partial charge in [0.05, 0.1) is 25.3 Å². The standard InChI is InChI=1S/C25H25N5O4S/c1-16(31)17-3-6-20(7-4-17)29-24(33)22(30(25(29)35)28-10-12-34-13-11-28)15-23(32)27-19-5-2-18-8-9-26-21(18)14-19/h2-9,14,22,26H,10-13,15H2,1H3,(H,27,32). The number of ketones is 1. The van der Waals surface area contributed by atoms with Crippen molar-refractivity contribution >= 4 is 57.2 Å². The number of Topliss-reactive ketones (excluding diaryl/α,β-unsaturated/α-hetero) is 1. The number of thiocarbonyl (C=S) groups is 1. The summed E-state index contributed by atoms with van der Waals surface area (Å²) in [6.07, 6.45) is 1.77. The Morgan fingerprint density at radius 2 is 1.86 bits per heavy atom. The molecule has 10 heteroatoms. The van der Waals surface area contributed by atoms with E-state index in [1.165, 1.54) is 11.8 Å². The van der Waals surface area contributed by atoms with Gasteiger partial charge in [-0.25, -0.2) is 5.01 Å². The second-order valence-electron chi connectivity index (χ2n) is 8.52. The van der Waals surface area contributed by atoms with Gasteiger partial charge in [0.15, 0.2) is 10.9 Å². The first-order valence-corrected chi connectivity index (χ1v) is 11.8. The summed E-state index contributed by atoms with van der Waals surface area (Å²) in [6.45, 7) is 3.63. The molecule has 5 rings (SSSR count). The summed E-state index contributed by atoms with van der Waals surface area (Å²) in [5, 5.41) is 7.96. The van der Waals surface area contributed by atoms with Crippen molar-refractivity contribution in [2.75, 3.05) is 36.5 Å². The summed E-state index contributed by atoms with van der Waals surface area (Å²) in [5.41, 5.74) is 2.67. The van der Waals surface area contributed by atoms with Gasteiger partial charge < -0.3 is 15.0 Å². The molecule has 3 heterocycles. The molecule has 2 N–H and O–H groups in total. The lowest BCUT2D eigenvalue weighted by atomic mass is 10.1. The molecule has 2 fully saturated rings. The number of carbonyl (C=O) groups is 3. The fourth-order valence-electron chi connectivity index (χ4n) is 4.44. The number of hydrogen-bond donors (Lipinski definition) is 2. The number of aromatic amines is 1. The van der Waals surface area contributed by atoms with Crippen LogP contribution in [0.4, 0.5) is 11.4 Å². The number of H-pyrrole nitrogens is 1. The number of benzene rings is 2. The molecule has 0 aliphatic carbocycles. The highest BCUT2D eigenvalue weighted by atomic mass is 32.1. The first-order valence-electron chi connectivity index (χ1n) is 11.4. The lowest BCUT2D eigenvalue weighted by Gasteiger charge is -2.37. The number of carbonyl (C=O) groups excluding carboxylic acids is 3. The Bertz CT molecular complexity index is 1300. The number of morpholine rings is 1. The van der Waals surface area contributed by atoms with Gasteiger partial charge in [0.2, 0.25) is 5.91 Å². The quantitative estimate of drug-likeness (QED) is 0.404. The number of aromatic nitrogens is 1. The molecule has 2 aromatic carbocycles. The first-order chi connectivity index (χ1) is 16.9. The Balaban J connectivity index is 1.39. The van der Waals surface area contributed by atoms with Crippen molar-refractivity contribution in [2.24, 2.45) is 0 Å². The highest BCUT2D eigenvalue weighted by Crippen LogP contribution is 2.30. The average molecular weight is 492 g/mol. The zero-order valence-electron chi connectivity index (χ0n) is 19.2. The minimum Gasteiger partial charge on any atom is -0.379 e. The Morgan fingerprint density at radius 3 is 2.57 bits per heavy atom. The maximum atomic E-state index is 13.6. The molecule has 2 saturated heterocycles. The lowest BCUT2D eigenvalue weighted by molar-refractivity contribution is -0.130. The minimum absolute atomic E-state index is 0.0612. The molecule has 2 amide bonds. The molecule has 1 atom stereocenters. The molecule has 2 aliphatic rings. The molecule has 0 saturated carbocycles. The molecule has 0 spiro atoms. The van der Waals surface area contributed by atoms with Crippen LogP contribution in [0.1, 0.15) is 23.7 Å². The topological polar surface area (TPSA) is 98.0 Å². The Morgan fingerprint density at radius 1 is 1.11 bits per heavy atom. The summed E-state index contributed by atoms with van der Waals surface area (Å²) in [7, 11) is 0. The molecule has 2 aliphatic heterocycles. The second-order valence-corrected chi connectivity index (χ2v) is 8.88. The van der Waals surface area contributed by atoms with E-state index in [-0.39, 0.29) is 24.0 Å². The first kappa shape index (κ1) is 23.2. The van der Waals surface area contributed by atoms with Gasteiger partial charge in [-0.15, -0.1) is 0 Å². The summed E-state index contributed by atoms with van der Waals surface area (Å²) in [5.74, 6) is -0.634. The van der Waals surface area contributed by atoms with E-state index in [1.807, 2.05) is 35.5 Å². The molecule has 1 unspecified atom stereocenters. The number of nitrogens with one attached hydrogen (secondary N) is 2. The molecule has 1 aromatic heterocycles. The van der Waals surface area contributed by atoms with Crippen LogP contribution in [0, 0.1) is 0 Å². The normalized spacial score (nSPS) is 18.9. The van der Waals surface area contributed by atoms with Gasteiger partial charge in [-0.2, -0.15) is 0 Å². The van der Waals surface area contributed by atoms with E-state index in [2.05, 4.69) is 10.3 Å². The minimum atomic E-state index is -0.790. The summed E-state index contributed by atoms with van der Waals surface area (Å²) < 4.78 is 5.47. The van der Waals surface area contributed by atoms with Gasteiger partial charge in [-0.1, -0.05) is 6.07 Å². The second kappa shape index (κ2) is 9.57. The predicted octanol–water partition coefficient (Wildman–Crippen LogP) is 2.95. The van der Waals surface area contributed by atoms with Gasteiger partial charge in [0.1, 0.15) is 6.04 Å². The molecule has 3 aromatic rings. The van der Waals surface area contributed by atoms with Crippen LogP contribution < -0.4 is 10.2 Å². The highest BCUT2D eigenvalue weighted by molar-refractivity contribution is 7.80. The summed E-state index contributed by atoms with van der Waals surface area (Å²) >= 11 is 5.73. The van der Waals surface area contributed by atoms with Crippen molar-refractivity contribution in [3.05, 3.63) is 60.3 Å². The summed E-state index contributed by atoms with van der Waals surface area (Å²) in [4.78, 5) is 42.9. The third-order valence-corrected chi connectivity index (χ3v) is 6.60. The van der Waals surface area contributed by atoms with Crippen LogP contribution in [0.15, 0.2) is 54.7 Å². The van der Waals surface area contributed by atoms with Crippen molar-refractivity contribution in [1.29, 1.82) is 0 Å². The van der Waals surface area contributed by atoms with Crippen molar-refractivity contribution in [1.82, 2.24) is 15.0 Å². The van der Waals surface area contributed by atoms with Crippen molar-refractivity contribution < 1.29 is 19.1 Å². The van der Waals surface area contributed by atoms with E-state index in [0.29, 0.717) is 48.4 Å². The molecular weight excluding hydrogens is 466 g/mol. The molecule has 0 radical (unpaired) electrons. The number of anilines is 2.